The van der Waals surface area contributed by atoms with Gasteiger partial charge in [-0.25, -0.2) is 9.18 Å². The molecule has 0 saturated heterocycles. The molecule has 0 unspecified atom stereocenters. The van der Waals surface area contributed by atoms with E-state index in [1.165, 1.54) is 24.3 Å². The lowest BCUT2D eigenvalue weighted by Gasteiger charge is -2.02. The van der Waals surface area contributed by atoms with Gasteiger partial charge in [-0.05, 0) is 54.4 Å². The maximum atomic E-state index is 12.9. The highest BCUT2D eigenvalue weighted by Crippen LogP contribution is 2.10. The number of hydrazone groups is 1. The zero-order chi connectivity index (χ0) is 14.5. The topological polar surface area (TPSA) is 61.7 Å². The summed E-state index contributed by atoms with van der Waals surface area (Å²) in [5, 5.41) is 12.8. The molecule has 4 nitrogen and oxygen atoms in total. The third-order valence-electron chi connectivity index (χ3n) is 2.76. The van der Waals surface area contributed by atoms with E-state index in [9.17, 15) is 9.18 Å². The van der Waals surface area contributed by atoms with Crippen LogP contribution in [-0.4, -0.2) is 17.3 Å². The van der Waals surface area contributed by atoms with Crippen molar-refractivity contribution in [3.63, 3.8) is 0 Å². The number of nitrogens with zero attached hydrogens (tertiary/aromatic N) is 1. The van der Waals surface area contributed by atoms with E-state index in [0.29, 0.717) is 5.69 Å². The number of aryl methyl sites for hydroxylation is 1. The number of carbonyl (C=O) groups is 1. The molecule has 0 amide bonds. The summed E-state index contributed by atoms with van der Waals surface area (Å²) in [5.74, 6) is -1.25. The highest BCUT2D eigenvalue weighted by atomic mass is 19.1. The molecule has 0 aliphatic heterocycles. The summed E-state index contributed by atoms with van der Waals surface area (Å²) in [5.41, 5.74) is 5.27. The molecule has 0 radical (unpaired) electrons. The van der Waals surface area contributed by atoms with E-state index in [1.807, 2.05) is 0 Å². The van der Waals surface area contributed by atoms with Crippen molar-refractivity contribution in [3.05, 3.63) is 65.0 Å². The third kappa shape index (κ3) is 3.41. The SMILES string of the molecule is Cc1cc(F)ccc1C=NNc1ccc(C(=O)O)cc1. The third-order valence-corrected chi connectivity index (χ3v) is 2.76. The molecule has 20 heavy (non-hydrogen) atoms. The van der Waals surface area contributed by atoms with Gasteiger partial charge < -0.3 is 5.11 Å². The quantitative estimate of drug-likeness (QED) is 0.663. The van der Waals surface area contributed by atoms with Gasteiger partial charge in [0, 0.05) is 0 Å². The molecular formula is C15H13FN2O2. The first-order valence-electron chi connectivity index (χ1n) is 5.95. The molecular weight excluding hydrogens is 259 g/mol. The summed E-state index contributed by atoms with van der Waals surface area (Å²) in [6.07, 6.45) is 1.58. The number of benzene rings is 2. The molecule has 0 spiro atoms. The van der Waals surface area contributed by atoms with Crippen LogP contribution in [0.1, 0.15) is 21.5 Å². The van der Waals surface area contributed by atoms with Crippen molar-refractivity contribution in [2.24, 2.45) is 5.10 Å². The molecule has 0 bridgehead atoms. The van der Waals surface area contributed by atoms with E-state index in [-0.39, 0.29) is 11.4 Å². The Kier molecular flexibility index (Phi) is 4.10. The molecule has 5 heteroatoms. The van der Waals surface area contributed by atoms with Gasteiger partial charge in [0.15, 0.2) is 0 Å². The van der Waals surface area contributed by atoms with Crippen molar-refractivity contribution in [3.8, 4) is 0 Å². The first-order chi connectivity index (χ1) is 9.56. The van der Waals surface area contributed by atoms with Crippen LogP contribution in [0.3, 0.4) is 0 Å². The molecule has 2 aromatic rings. The van der Waals surface area contributed by atoms with Crippen LogP contribution >= 0.6 is 0 Å². The second-order valence-electron chi connectivity index (χ2n) is 4.25. The lowest BCUT2D eigenvalue weighted by Crippen LogP contribution is -1.97. The van der Waals surface area contributed by atoms with Crippen molar-refractivity contribution in [1.82, 2.24) is 0 Å². The summed E-state index contributed by atoms with van der Waals surface area (Å²) in [7, 11) is 0. The Morgan fingerprint density at radius 1 is 1.25 bits per heavy atom. The molecule has 0 aliphatic rings. The van der Waals surface area contributed by atoms with E-state index in [1.54, 1.807) is 31.3 Å². The van der Waals surface area contributed by atoms with E-state index in [4.69, 9.17) is 5.11 Å². The van der Waals surface area contributed by atoms with Gasteiger partial charge in [-0.15, -0.1) is 0 Å². The standard InChI is InChI=1S/C15H13FN2O2/c1-10-8-13(16)5-2-12(10)9-17-18-14-6-3-11(4-7-14)15(19)20/h2-9,18H,1H3,(H,19,20). The van der Waals surface area contributed by atoms with Crippen molar-refractivity contribution in [2.45, 2.75) is 6.92 Å². The summed E-state index contributed by atoms with van der Waals surface area (Å²) < 4.78 is 12.9. The Labute approximate surface area is 115 Å². The molecule has 0 fully saturated rings. The summed E-state index contributed by atoms with van der Waals surface area (Å²) >= 11 is 0. The predicted molar refractivity (Wildman–Crippen MR) is 75.8 cm³/mol. The Bertz CT molecular complexity index is 651. The number of hydrogen-bond donors (Lipinski definition) is 2. The van der Waals surface area contributed by atoms with Crippen molar-refractivity contribution >= 4 is 17.9 Å². The smallest absolute Gasteiger partial charge is 0.335 e. The van der Waals surface area contributed by atoms with Crippen molar-refractivity contribution in [2.75, 3.05) is 5.43 Å². The van der Waals surface area contributed by atoms with Crippen LogP contribution in [0.15, 0.2) is 47.6 Å². The van der Waals surface area contributed by atoms with Gasteiger partial charge in [0.1, 0.15) is 5.82 Å². The molecule has 0 heterocycles. The van der Waals surface area contributed by atoms with Gasteiger partial charge in [-0.1, -0.05) is 6.07 Å². The monoisotopic (exact) mass is 272 g/mol. The van der Waals surface area contributed by atoms with E-state index in [2.05, 4.69) is 10.5 Å². The van der Waals surface area contributed by atoms with Crippen LogP contribution in [-0.2, 0) is 0 Å². The average molecular weight is 272 g/mol. The maximum Gasteiger partial charge on any atom is 0.335 e. The van der Waals surface area contributed by atoms with Crippen LogP contribution in [0, 0.1) is 12.7 Å². The van der Waals surface area contributed by atoms with Gasteiger partial charge in [0.05, 0.1) is 17.5 Å². The zero-order valence-corrected chi connectivity index (χ0v) is 10.8. The number of rotatable bonds is 4. The van der Waals surface area contributed by atoms with E-state index in [0.717, 1.165) is 11.1 Å². The number of aromatic carboxylic acids is 1. The molecule has 0 atom stereocenters. The number of nitrogens with one attached hydrogen (secondary N) is 1. The molecule has 0 saturated carbocycles. The minimum atomic E-state index is -0.970. The van der Waals surface area contributed by atoms with Gasteiger partial charge in [0.25, 0.3) is 0 Å². The van der Waals surface area contributed by atoms with E-state index >= 15 is 0 Å². The van der Waals surface area contributed by atoms with Gasteiger partial charge in [-0.2, -0.15) is 5.10 Å². The number of hydrogen-bond acceptors (Lipinski definition) is 3. The van der Waals surface area contributed by atoms with Crippen molar-refractivity contribution in [1.29, 1.82) is 0 Å². The maximum absolute atomic E-state index is 12.9. The van der Waals surface area contributed by atoms with Crippen LogP contribution in [0.25, 0.3) is 0 Å². The van der Waals surface area contributed by atoms with Crippen LogP contribution < -0.4 is 5.43 Å². The molecule has 2 N–H and O–H groups in total. The normalized spacial score (nSPS) is 10.7. The first kappa shape index (κ1) is 13.7. The highest BCUT2D eigenvalue weighted by molar-refractivity contribution is 5.88. The predicted octanol–water partition coefficient (Wildman–Crippen LogP) is 3.28. The fourth-order valence-electron chi connectivity index (χ4n) is 1.65. The number of carboxylic acids is 1. The van der Waals surface area contributed by atoms with Crippen molar-refractivity contribution < 1.29 is 14.3 Å². The average Bonchev–Trinajstić information content (AvgIpc) is 2.42. The fourth-order valence-corrected chi connectivity index (χ4v) is 1.65. The second kappa shape index (κ2) is 5.97. The minimum Gasteiger partial charge on any atom is -0.478 e. The fraction of sp³-hybridized carbons (Fsp3) is 0.0667. The Balaban J connectivity index is 2.04. The first-order valence-corrected chi connectivity index (χ1v) is 5.95. The van der Waals surface area contributed by atoms with Crippen LogP contribution in [0.5, 0.6) is 0 Å². The number of halogens is 1. The van der Waals surface area contributed by atoms with E-state index < -0.39 is 5.97 Å². The Hall–Kier alpha value is -2.69. The second-order valence-corrected chi connectivity index (χ2v) is 4.25. The lowest BCUT2D eigenvalue weighted by atomic mass is 10.1. The minimum absolute atomic E-state index is 0.217. The van der Waals surface area contributed by atoms with Crippen LogP contribution in [0.4, 0.5) is 10.1 Å². The summed E-state index contributed by atoms with van der Waals surface area (Å²) in [6.45, 7) is 1.80. The Morgan fingerprint density at radius 2 is 1.95 bits per heavy atom. The summed E-state index contributed by atoms with van der Waals surface area (Å²) in [4.78, 5) is 10.7. The molecule has 2 rings (SSSR count). The largest absolute Gasteiger partial charge is 0.478 e. The zero-order valence-electron chi connectivity index (χ0n) is 10.8. The molecule has 0 aliphatic carbocycles. The van der Waals surface area contributed by atoms with Crippen LogP contribution in [0.2, 0.25) is 0 Å². The Morgan fingerprint density at radius 3 is 2.55 bits per heavy atom. The molecule has 2 aromatic carbocycles. The number of carboxylic acid groups (broad SMARTS) is 1. The van der Waals surface area contributed by atoms with Gasteiger partial charge >= 0.3 is 5.97 Å². The number of anilines is 1. The summed E-state index contributed by atoms with van der Waals surface area (Å²) in [6, 6.07) is 10.7. The highest BCUT2D eigenvalue weighted by Gasteiger charge is 2.01. The van der Waals surface area contributed by atoms with Gasteiger partial charge in [-0.3, -0.25) is 5.43 Å². The molecule has 102 valence electrons. The lowest BCUT2D eigenvalue weighted by molar-refractivity contribution is 0.0697. The van der Waals surface area contributed by atoms with Gasteiger partial charge in [0.2, 0.25) is 0 Å². The molecule has 0 aromatic heterocycles.